The lowest BCUT2D eigenvalue weighted by atomic mass is 10.0. The minimum Gasteiger partial charge on any atom is -0.346 e. The van der Waals surface area contributed by atoms with E-state index < -0.39 is 10.0 Å². The lowest BCUT2D eigenvalue weighted by molar-refractivity contribution is -0.129. The lowest BCUT2D eigenvalue weighted by Gasteiger charge is -2.28. The maximum atomic E-state index is 12.5. The molecular formula is C17H26N2O3S. The number of hydrogen-bond donors (Lipinski definition) is 0. The lowest BCUT2D eigenvalue weighted by Crippen LogP contribution is -2.39. The molecule has 1 aromatic carbocycles. The van der Waals surface area contributed by atoms with E-state index in [0.717, 1.165) is 24.8 Å². The highest BCUT2D eigenvalue weighted by molar-refractivity contribution is 7.89. The van der Waals surface area contributed by atoms with Crippen LogP contribution in [0.25, 0.3) is 0 Å². The number of carbonyl (C=O) groups is 1. The molecule has 0 saturated heterocycles. The monoisotopic (exact) mass is 338 g/mol. The van der Waals surface area contributed by atoms with E-state index in [0.29, 0.717) is 19.6 Å². The summed E-state index contributed by atoms with van der Waals surface area (Å²) < 4.78 is 26.5. The Hall–Kier alpha value is -1.40. The number of rotatable bonds is 7. The van der Waals surface area contributed by atoms with Crippen LogP contribution in [0.5, 0.6) is 0 Å². The zero-order valence-corrected chi connectivity index (χ0v) is 14.8. The fourth-order valence-corrected chi connectivity index (χ4v) is 4.16. The van der Waals surface area contributed by atoms with Crippen LogP contribution >= 0.6 is 0 Å². The van der Waals surface area contributed by atoms with Gasteiger partial charge in [-0.25, -0.2) is 8.42 Å². The fraction of sp³-hybridized carbons (Fsp3) is 0.588. The SMILES string of the molecule is CCCCN(C)C(=O)CCS(=O)(=O)N1CCc2ccccc2C1. The summed E-state index contributed by atoms with van der Waals surface area (Å²) in [6.45, 7) is 3.67. The second kappa shape index (κ2) is 7.93. The summed E-state index contributed by atoms with van der Waals surface area (Å²) in [5.74, 6) is -0.204. The van der Waals surface area contributed by atoms with Gasteiger partial charge in [-0.2, -0.15) is 4.31 Å². The summed E-state index contributed by atoms with van der Waals surface area (Å²) in [5, 5.41) is 0. The van der Waals surface area contributed by atoms with Crippen molar-refractivity contribution in [2.45, 2.75) is 39.2 Å². The van der Waals surface area contributed by atoms with Gasteiger partial charge in [0, 0.05) is 33.1 Å². The van der Waals surface area contributed by atoms with Gasteiger partial charge in [-0.05, 0) is 24.0 Å². The van der Waals surface area contributed by atoms with Gasteiger partial charge in [0.05, 0.1) is 5.75 Å². The van der Waals surface area contributed by atoms with Crippen LogP contribution in [0, 0.1) is 0 Å². The maximum absolute atomic E-state index is 12.5. The molecule has 0 saturated carbocycles. The van der Waals surface area contributed by atoms with Crippen LogP contribution in [0.15, 0.2) is 24.3 Å². The van der Waals surface area contributed by atoms with Crippen LogP contribution in [0.1, 0.15) is 37.3 Å². The fourth-order valence-electron chi connectivity index (χ4n) is 2.76. The molecule has 1 heterocycles. The molecular weight excluding hydrogens is 312 g/mol. The van der Waals surface area contributed by atoms with Crippen molar-refractivity contribution < 1.29 is 13.2 Å². The van der Waals surface area contributed by atoms with Gasteiger partial charge in [0.15, 0.2) is 0 Å². The number of nitrogens with zero attached hydrogens (tertiary/aromatic N) is 2. The van der Waals surface area contributed by atoms with Gasteiger partial charge in [-0.3, -0.25) is 4.79 Å². The normalized spacial score (nSPS) is 15.2. The Bertz CT molecular complexity index is 643. The van der Waals surface area contributed by atoms with Gasteiger partial charge in [0.1, 0.15) is 0 Å². The van der Waals surface area contributed by atoms with E-state index in [4.69, 9.17) is 0 Å². The van der Waals surface area contributed by atoms with Gasteiger partial charge >= 0.3 is 0 Å². The molecule has 1 aliphatic heterocycles. The molecule has 23 heavy (non-hydrogen) atoms. The molecule has 0 N–H and O–H groups in total. The van der Waals surface area contributed by atoms with Crippen molar-refractivity contribution in [3.05, 3.63) is 35.4 Å². The summed E-state index contributed by atoms with van der Waals surface area (Å²) in [6.07, 6.45) is 2.75. The van der Waals surface area contributed by atoms with E-state index in [1.54, 1.807) is 11.9 Å². The Balaban J connectivity index is 1.91. The Labute approximate surface area is 139 Å². The van der Waals surface area contributed by atoms with Gasteiger partial charge in [0.25, 0.3) is 0 Å². The maximum Gasteiger partial charge on any atom is 0.223 e. The van der Waals surface area contributed by atoms with Crippen molar-refractivity contribution in [2.24, 2.45) is 0 Å². The zero-order valence-electron chi connectivity index (χ0n) is 14.0. The van der Waals surface area contributed by atoms with E-state index in [1.807, 2.05) is 24.3 Å². The first-order valence-electron chi connectivity index (χ1n) is 8.22. The van der Waals surface area contributed by atoms with E-state index in [2.05, 4.69) is 6.92 Å². The highest BCUT2D eigenvalue weighted by Gasteiger charge is 2.27. The summed E-state index contributed by atoms with van der Waals surface area (Å²) >= 11 is 0. The van der Waals surface area contributed by atoms with Crippen LogP contribution in [0.4, 0.5) is 0 Å². The van der Waals surface area contributed by atoms with E-state index >= 15 is 0 Å². The van der Waals surface area contributed by atoms with Crippen molar-refractivity contribution in [2.75, 3.05) is 25.9 Å². The Morgan fingerprint density at radius 1 is 1.26 bits per heavy atom. The third-order valence-electron chi connectivity index (χ3n) is 4.34. The van der Waals surface area contributed by atoms with Crippen molar-refractivity contribution in [1.29, 1.82) is 0 Å². The Kier molecular flexibility index (Phi) is 6.18. The van der Waals surface area contributed by atoms with Crippen LogP contribution in [0.3, 0.4) is 0 Å². The molecule has 0 spiro atoms. The molecule has 0 bridgehead atoms. The van der Waals surface area contributed by atoms with Crippen molar-refractivity contribution in [3.63, 3.8) is 0 Å². The summed E-state index contributed by atoms with van der Waals surface area (Å²) in [5.41, 5.74) is 2.28. The number of amides is 1. The van der Waals surface area contributed by atoms with E-state index in [1.165, 1.54) is 9.87 Å². The highest BCUT2D eigenvalue weighted by atomic mass is 32.2. The molecule has 0 unspecified atom stereocenters. The largest absolute Gasteiger partial charge is 0.346 e. The Morgan fingerprint density at radius 2 is 1.96 bits per heavy atom. The summed E-state index contributed by atoms with van der Waals surface area (Å²) in [4.78, 5) is 13.6. The van der Waals surface area contributed by atoms with Crippen LogP contribution in [-0.4, -0.2) is 49.4 Å². The van der Waals surface area contributed by atoms with Crippen LogP contribution in [0.2, 0.25) is 0 Å². The molecule has 5 nitrogen and oxygen atoms in total. The average molecular weight is 338 g/mol. The molecule has 0 fully saturated rings. The molecule has 6 heteroatoms. The van der Waals surface area contributed by atoms with E-state index in [-0.39, 0.29) is 18.1 Å². The topological polar surface area (TPSA) is 57.7 Å². The summed E-state index contributed by atoms with van der Waals surface area (Å²) in [7, 11) is -1.65. The molecule has 0 aromatic heterocycles. The van der Waals surface area contributed by atoms with Crippen LogP contribution in [-0.2, 0) is 27.8 Å². The Morgan fingerprint density at radius 3 is 2.65 bits per heavy atom. The second-order valence-electron chi connectivity index (χ2n) is 6.09. The number of unbranched alkanes of at least 4 members (excludes halogenated alkanes) is 1. The molecule has 128 valence electrons. The minimum absolute atomic E-state index is 0.0562. The molecule has 0 aliphatic carbocycles. The van der Waals surface area contributed by atoms with Crippen molar-refractivity contribution in [1.82, 2.24) is 9.21 Å². The number of benzene rings is 1. The second-order valence-corrected chi connectivity index (χ2v) is 8.18. The van der Waals surface area contributed by atoms with Crippen molar-refractivity contribution >= 4 is 15.9 Å². The quantitative estimate of drug-likeness (QED) is 0.764. The smallest absolute Gasteiger partial charge is 0.223 e. The van der Waals surface area contributed by atoms with Crippen LogP contribution < -0.4 is 0 Å². The molecule has 0 radical (unpaired) electrons. The molecule has 2 rings (SSSR count). The third-order valence-corrected chi connectivity index (χ3v) is 6.15. The predicted octanol–water partition coefficient (Wildman–Crippen LogP) is 2.02. The number of sulfonamides is 1. The standard InChI is InChI=1S/C17H26N2O3S/c1-3-4-11-18(2)17(20)10-13-23(21,22)19-12-9-15-7-5-6-8-16(15)14-19/h5-8H,3-4,9-14H2,1-2H3. The molecule has 1 aromatic rings. The molecule has 0 atom stereocenters. The first-order chi connectivity index (χ1) is 10.9. The average Bonchev–Trinajstić information content (AvgIpc) is 2.57. The number of carbonyl (C=O) groups excluding carboxylic acids is 1. The van der Waals surface area contributed by atoms with Gasteiger partial charge < -0.3 is 4.90 Å². The third kappa shape index (κ3) is 4.78. The van der Waals surface area contributed by atoms with Crippen molar-refractivity contribution in [3.8, 4) is 0 Å². The first-order valence-corrected chi connectivity index (χ1v) is 9.83. The van der Waals surface area contributed by atoms with Gasteiger partial charge in [0.2, 0.25) is 15.9 Å². The number of hydrogen-bond acceptors (Lipinski definition) is 3. The zero-order chi connectivity index (χ0) is 16.9. The molecule has 1 aliphatic rings. The molecule has 1 amide bonds. The number of fused-ring (bicyclic) bond motifs is 1. The highest BCUT2D eigenvalue weighted by Crippen LogP contribution is 2.21. The minimum atomic E-state index is -3.39. The first kappa shape index (κ1) is 17.9. The van der Waals surface area contributed by atoms with E-state index in [9.17, 15) is 13.2 Å². The van der Waals surface area contributed by atoms with Gasteiger partial charge in [-0.1, -0.05) is 37.6 Å². The predicted molar refractivity (Wildman–Crippen MR) is 91.5 cm³/mol. The summed E-state index contributed by atoms with van der Waals surface area (Å²) in [6, 6.07) is 7.93. The van der Waals surface area contributed by atoms with Gasteiger partial charge in [-0.15, -0.1) is 0 Å².